The van der Waals surface area contributed by atoms with Crippen molar-refractivity contribution in [2.75, 3.05) is 11.4 Å². The molecule has 5 rings (SSSR count). The van der Waals surface area contributed by atoms with Crippen molar-refractivity contribution in [3.05, 3.63) is 107 Å². The minimum absolute atomic E-state index is 0.146. The molecular formula is C27H25ClN2O. The van der Waals surface area contributed by atoms with Crippen LogP contribution in [0.1, 0.15) is 30.5 Å². The number of fused-ring (bicyclic) bond motifs is 3. The second-order valence-corrected chi connectivity index (χ2v) is 9.24. The normalized spacial score (nSPS) is 21.6. The summed E-state index contributed by atoms with van der Waals surface area (Å²) in [6.45, 7) is 5.43. The minimum Gasteiger partial charge on any atom is -0.335 e. The van der Waals surface area contributed by atoms with Crippen LogP contribution in [0, 0.1) is 0 Å². The number of amides is 1. The number of halogens is 1. The van der Waals surface area contributed by atoms with Crippen molar-refractivity contribution in [3.8, 4) is 0 Å². The smallest absolute Gasteiger partial charge is 0.244 e. The van der Waals surface area contributed by atoms with Gasteiger partial charge in [0.1, 0.15) is 5.66 Å². The van der Waals surface area contributed by atoms with Gasteiger partial charge in [-0.3, -0.25) is 4.79 Å². The Hall–Kier alpha value is -3.04. The summed E-state index contributed by atoms with van der Waals surface area (Å²) in [6, 6.07) is 26.5. The maximum absolute atomic E-state index is 13.4. The van der Waals surface area contributed by atoms with Crippen LogP contribution in [0.2, 0.25) is 5.02 Å². The molecule has 31 heavy (non-hydrogen) atoms. The van der Waals surface area contributed by atoms with Crippen LogP contribution < -0.4 is 4.90 Å². The van der Waals surface area contributed by atoms with Crippen LogP contribution in [0.15, 0.2) is 84.9 Å². The molecule has 0 saturated carbocycles. The van der Waals surface area contributed by atoms with Gasteiger partial charge >= 0.3 is 0 Å². The van der Waals surface area contributed by atoms with Gasteiger partial charge in [0.2, 0.25) is 5.91 Å². The van der Waals surface area contributed by atoms with Crippen LogP contribution >= 0.6 is 11.6 Å². The van der Waals surface area contributed by atoms with Gasteiger partial charge in [0.15, 0.2) is 0 Å². The monoisotopic (exact) mass is 428 g/mol. The summed E-state index contributed by atoms with van der Waals surface area (Å²) < 4.78 is 0. The molecular weight excluding hydrogens is 404 g/mol. The summed E-state index contributed by atoms with van der Waals surface area (Å²) in [7, 11) is 0. The number of carbonyl (C=O) groups is 1. The van der Waals surface area contributed by atoms with Crippen molar-refractivity contribution in [1.82, 2.24) is 4.90 Å². The Morgan fingerprint density at radius 2 is 1.61 bits per heavy atom. The molecule has 0 aromatic heterocycles. The summed E-state index contributed by atoms with van der Waals surface area (Å²) in [4.78, 5) is 17.7. The molecule has 156 valence electrons. The van der Waals surface area contributed by atoms with Crippen molar-refractivity contribution in [2.45, 2.75) is 31.5 Å². The second kappa shape index (κ2) is 7.28. The molecule has 3 aromatic carbocycles. The maximum atomic E-state index is 13.4. The van der Waals surface area contributed by atoms with Gasteiger partial charge in [-0.2, -0.15) is 0 Å². The maximum Gasteiger partial charge on any atom is 0.244 e. The fourth-order valence-electron chi connectivity index (χ4n) is 5.21. The molecule has 1 fully saturated rings. The first-order chi connectivity index (χ1) is 14.9. The van der Waals surface area contributed by atoms with Crippen molar-refractivity contribution >= 4 is 29.3 Å². The van der Waals surface area contributed by atoms with Crippen LogP contribution in [0.4, 0.5) is 5.69 Å². The predicted molar refractivity (Wildman–Crippen MR) is 127 cm³/mol. The average molecular weight is 429 g/mol. The SMILES string of the molecule is CC1(C)c2ccccc2N2CC(=O)N(Cc3ccccc3)[C@]21/C=C/c1ccc(Cl)cc1. The van der Waals surface area contributed by atoms with E-state index in [1.54, 1.807) is 0 Å². The number of nitrogens with zero attached hydrogens (tertiary/aromatic N) is 2. The number of para-hydroxylation sites is 1. The Morgan fingerprint density at radius 3 is 2.35 bits per heavy atom. The van der Waals surface area contributed by atoms with Gasteiger partial charge in [0, 0.05) is 22.7 Å². The van der Waals surface area contributed by atoms with E-state index in [0.717, 1.165) is 16.8 Å². The van der Waals surface area contributed by atoms with E-state index < -0.39 is 5.66 Å². The Kier molecular flexibility index (Phi) is 4.67. The van der Waals surface area contributed by atoms with Gasteiger partial charge in [-0.1, -0.05) is 92.2 Å². The molecule has 0 N–H and O–H groups in total. The number of hydrogen-bond donors (Lipinski definition) is 0. The van der Waals surface area contributed by atoms with Gasteiger partial charge in [-0.05, 0) is 41.0 Å². The molecule has 0 unspecified atom stereocenters. The first-order valence-corrected chi connectivity index (χ1v) is 11.0. The van der Waals surface area contributed by atoms with Crippen LogP contribution in [0.5, 0.6) is 0 Å². The Bertz CT molecular complexity index is 1150. The number of hydrogen-bond acceptors (Lipinski definition) is 2. The third kappa shape index (κ3) is 2.99. The number of anilines is 1. The lowest BCUT2D eigenvalue weighted by molar-refractivity contribution is -0.131. The van der Waals surface area contributed by atoms with Gasteiger partial charge in [0.25, 0.3) is 0 Å². The third-order valence-electron chi connectivity index (χ3n) is 6.77. The lowest BCUT2D eigenvalue weighted by Crippen LogP contribution is -2.60. The van der Waals surface area contributed by atoms with E-state index >= 15 is 0 Å². The van der Waals surface area contributed by atoms with Gasteiger partial charge in [-0.15, -0.1) is 0 Å². The molecule has 4 heteroatoms. The van der Waals surface area contributed by atoms with E-state index in [2.05, 4.69) is 72.2 Å². The van der Waals surface area contributed by atoms with E-state index in [0.29, 0.717) is 18.1 Å². The molecule has 2 heterocycles. The zero-order valence-corrected chi connectivity index (χ0v) is 18.5. The highest BCUT2D eigenvalue weighted by Crippen LogP contribution is 2.56. The molecule has 1 saturated heterocycles. The average Bonchev–Trinajstić information content (AvgIpc) is 3.16. The molecule has 2 aliphatic rings. The largest absolute Gasteiger partial charge is 0.335 e. The molecule has 2 aliphatic heterocycles. The highest BCUT2D eigenvalue weighted by atomic mass is 35.5. The molecule has 0 radical (unpaired) electrons. The highest BCUT2D eigenvalue weighted by molar-refractivity contribution is 6.30. The highest BCUT2D eigenvalue weighted by Gasteiger charge is 2.63. The van der Waals surface area contributed by atoms with Crippen LogP contribution in [0.3, 0.4) is 0 Å². The zero-order valence-electron chi connectivity index (χ0n) is 17.8. The first kappa shape index (κ1) is 19.9. The molecule has 1 amide bonds. The first-order valence-electron chi connectivity index (χ1n) is 10.6. The van der Waals surface area contributed by atoms with Crippen LogP contribution in [-0.4, -0.2) is 23.0 Å². The van der Waals surface area contributed by atoms with E-state index in [1.807, 2.05) is 42.5 Å². The fraction of sp³-hybridized carbons (Fsp3) is 0.222. The number of benzene rings is 3. The van der Waals surface area contributed by atoms with Crippen molar-refractivity contribution in [3.63, 3.8) is 0 Å². The Morgan fingerprint density at radius 1 is 0.935 bits per heavy atom. The molecule has 0 bridgehead atoms. The lowest BCUT2D eigenvalue weighted by atomic mass is 9.74. The summed E-state index contributed by atoms with van der Waals surface area (Å²) in [5.74, 6) is 0.146. The van der Waals surface area contributed by atoms with E-state index in [4.69, 9.17) is 11.6 Å². The summed E-state index contributed by atoms with van der Waals surface area (Å²) >= 11 is 6.08. The van der Waals surface area contributed by atoms with Crippen LogP contribution in [-0.2, 0) is 16.8 Å². The van der Waals surface area contributed by atoms with Crippen molar-refractivity contribution in [2.24, 2.45) is 0 Å². The second-order valence-electron chi connectivity index (χ2n) is 8.80. The van der Waals surface area contributed by atoms with Gasteiger partial charge in [0.05, 0.1) is 6.54 Å². The minimum atomic E-state index is -0.594. The topological polar surface area (TPSA) is 23.6 Å². The van der Waals surface area contributed by atoms with Crippen LogP contribution in [0.25, 0.3) is 6.08 Å². The predicted octanol–water partition coefficient (Wildman–Crippen LogP) is 5.89. The van der Waals surface area contributed by atoms with E-state index in [9.17, 15) is 4.79 Å². The van der Waals surface area contributed by atoms with Crippen molar-refractivity contribution in [1.29, 1.82) is 0 Å². The Balaban J connectivity index is 1.66. The van der Waals surface area contributed by atoms with E-state index in [1.165, 1.54) is 5.56 Å². The summed E-state index contributed by atoms with van der Waals surface area (Å²) in [5, 5.41) is 0.715. The number of carbonyl (C=O) groups excluding carboxylic acids is 1. The molecule has 0 aliphatic carbocycles. The third-order valence-corrected chi connectivity index (χ3v) is 7.02. The standard InChI is InChI=1S/C27H25ClN2O/c1-26(2)23-10-6-7-11-24(23)29-19-25(31)30(18-21-8-4-3-5-9-21)27(26,29)17-16-20-12-14-22(28)15-13-20/h3-17H,18-19H2,1-2H3/b17-16+/t27-/m0/s1. The molecule has 1 atom stereocenters. The zero-order chi connectivity index (χ0) is 21.6. The summed E-state index contributed by atoms with van der Waals surface area (Å²) in [5.41, 5.74) is 3.70. The molecule has 3 aromatic rings. The molecule has 3 nitrogen and oxygen atoms in total. The van der Waals surface area contributed by atoms with E-state index in [-0.39, 0.29) is 11.3 Å². The fourth-order valence-corrected chi connectivity index (χ4v) is 5.33. The Labute approximate surface area is 188 Å². The van der Waals surface area contributed by atoms with Crippen molar-refractivity contribution < 1.29 is 4.79 Å². The molecule has 0 spiro atoms. The number of rotatable bonds is 4. The quantitative estimate of drug-likeness (QED) is 0.517. The lowest BCUT2D eigenvalue weighted by Gasteiger charge is -2.46. The van der Waals surface area contributed by atoms with Gasteiger partial charge < -0.3 is 9.80 Å². The van der Waals surface area contributed by atoms with Gasteiger partial charge in [-0.25, -0.2) is 0 Å². The summed E-state index contributed by atoms with van der Waals surface area (Å²) in [6.07, 6.45) is 4.33.